The van der Waals surface area contributed by atoms with E-state index in [1.165, 1.54) is 11.8 Å². The van der Waals surface area contributed by atoms with Gasteiger partial charge >= 0.3 is 11.9 Å². The number of nitrogens with one attached hydrogen (secondary N) is 3. The van der Waals surface area contributed by atoms with Gasteiger partial charge in [-0.25, -0.2) is 4.79 Å². The van der Waals surface area contributed by atoms with Gasteiger partial charge in [-0.2, -0.15) is 11.8 Å². The van der Waals surface area contributed by atoms with Crippen LogP contribution in [0.2, 0.25) is 0 Å². The minimum Gasteiger partial charge on any atom is -0.481 e. The topological polar surface area (TPSA) is 231 Å². The van der Waals surface area contributed by atoms with Crippen LogP contribution in [0.25, 0.3) is 0 Å². The van der Waals surface area contributed by atoms with Crippen molar-refractivity contribution in [1.29, 1.82) is 0 Å². The molecule has 0 saturated heterocycles. The molecule has 4 amide bonds. The molecule has 4 atom stereocenters. The summed E-state index contributed by atoms with van der Waals surface area (Å²) >= 11 is 1.40. The molecule has 0 aliphatic carbocycles. The van der Waals surface area contributed by atoms with Crippen LogP contribution in [0, 0.1) is 0 Å². The molecule has 0 saturated carbocycles. The van der Waals surface area contributed by atoms with Gasteiger partial charge in [0.05, 0.1) is 6.04 Å². The van der Waals surface area contributed by atoms with Crippen molar-refractivity contribution in [3.63, 3.8) is 0 Å². The first kappa shape index (κ1) is 32.4. The predicted molar refractivity (Wildman–Crippen MR) is 140 cm³/mol. The lowest BCUT2D eigenvalue weighted by atomic mass is 10.0. The summed E-state index contributed by atoms with van der Waals surface area (Å²) in [5.74, 6) is -5.01. The molecule has 1 rings (SSSR count). The van der Waals surface area contributed by atoms with E-state index in [1.54, 1.807) is 36.6 Å². The van der Waals surface area contributed by atoms with Crippen molar-refractivity contribution < 1.29 is 39.0 Å². The van der Waals surface area contributed by atoms with Gasteiger partial charge in [0, 0.05) is 19.3 Å². The largest absolute Gasteiger partial charge is 0.481 e. The summed E-state index contributed by atoms with van der Waals surface area (Å²) in [6.45, 7) is 0. The maximum absolute atomic E-state index is 13.1. The van der Waals surface area contributed by atoms with Gasteiger partial charge in [-0.15, -0.1) is 0 Å². The van der Waals surface area contributed by atoms with Crippen LogP contribution >= 0.6 is 11.8 Å². The molecule has 1 aromatic carbocycles. The van der Waals surface area contributed by atoms with Crippen LogP contribution in [-0.4, -0.2) is 82.0 Å². The van der Waals surface area contributed by atoms with Gasteiger partial charge in [-0.1, -0.05) is 30.3 Å². The lowest BCUT2D eigenvalue weighted by Crippen LogP contribution is -2.57. The number of carbonyl (C=O) groups is 6. The fourth-order valence-electron chi connectivity index (χ4n) is 3.34. The lowest BCUT2D eigenvalue weighted by molar-refractivity contribution is -0.142. The Morgan fingerprint density at radius 2 is 1.37 bits per heavy atom. The molecule has 1 aromatic rings. The average Bonchev–Trinajstić information content (AvgIpc) is 2.86. The Balaban J connectivity index is 3.00. The van der Waals surface area contributed by atoms with Crippen LogP contribution in [0.1, 0.15) is 37.7 Å². The number of nitrogens with two attached hydrogens (primary N) is 2. The minimum atomic E-state index is -1.32. The lowest BCUT2D eigenvalue weighted by Gasteiger charge is -2.25. The first-order valence-electron chi connectivity index (χ1n) is 11.9. The third kappa shape index (κ3) is 12.5. The zero-order valence-electron chi connectivity index (χ0n) is 21.1. The quantitative estimate of drug-likeness (QED) is 0.117. The zero-order valence-corrected chi connectivity index (χ0v) is 21.9. The second-order valence-electron chi connectivity index (χ2n) is 8.54. The standard InChI is InChI=1S/C24H35N5O8S/c1-38-12-11-17(27-21(33)15(25)7-10-20(31)32)23(35)28-16(8-9-19(26)30)22(34)29-18(24(36)37)13-14-5-3-2-4-6-14/h2-6,15-18H,7-13,25H2,1H3,(H2,26,30)(H,27,33)(H,28,35)(H,29,34)(H,31,32)(H,36,37). The molecule has 210 valence electrons. The summed E-state index contributed by atoms with van der Waals surface area (Å²) in [6.07, 6.45) is 0.998. The third-order valence-electron chi connectivity index (χ3n) is 5.46. The van der Waals surface area contributed by atoms with Crippen LogP contribution in [0.4, 0.5) is 0 Å². The van der Waals surface area contributed by atoms with E-state index < -0.39 is 59.7 Å². The van der Waals surface area contributed by atoms with E-state index in [4.69, 9.17) is 16.6 Å². The molecule has 14 heteroatoms. The molecule has 0 aromatic heterocycles. The molecular formula is C24H35N5O8S. The van der Waals surface area contributed by atoms with E-state index in [0.29, 0.717) is 11.3 Å². The highest BCUT2D eigenvalue weighted by Crippen LogP contribution is 2.08. The van der Waals surface area contributed by atoms with E-state index in [9.17, 15) is 33.9 Å². The van der Waals surface area contributed by atoms with E-state index >= 15 is 0 Å². The number of hydrogen-bond donors (Lipinski definition) is 7. The molecule has 0 spiro atoms. The summed E-state index contributed by atoms with van der Waals surface area (Å²) in [5, 5.41) is 25.7. The second-order valence-corrected chi connectivity index (χ2v) is 9.52. The van der Waals surface area contributed by atoms with Gasteiger partial charge in [0.15, 0.2) is 0 Å². The van der Waals surface area contributed by atoms with Gasteiger partial charge in [0.2, 0.25) is 23.6 Å². The summed E-state index contributed by atoms with van der Waals surface area (Å²) < 4.78 is 0. The van der Waals surface area contributed by atoms with Crippen LogP contribution < -0.4 is 27.4 Å². The molecule has 9 N–H and O–H groups in total. The maximum atomic E-state index is 13.1. The smallest absolute Gasteiger partial charge is 0.326 e. The van der Waals surface area contributed by atoms with Gasteiger partial charge in [0.25, 0.3) is 0 Å². The van der Waals surface area contributed by atoms with Crippen molar-refractivity contribution >= 4 is 47.3 Å². The average molecular weight is 554 g/mol. The van der Waals surface area contributed by atoms with Crippen LogP contribution in [-0.2, 0) is 35.2 Å². The Morgan fingerprint density at radius 1 is 0.816 bits per heavy atom. The van der Waals surface area contributed by atoms with E-state index in [1.807, 2.05) is 0 Å². The molecule has 0 aliphatic rings. The monoisotopic (exact) mass is 553 g/mol. The van der Waals surface area contributed by atoms with E-state index in [0.717, 1.165) is 0 Å². The fourth-order valence-corrected chi connectivity index (χ4v) is 3.81. The molecule has 0 radical (unpaired) electrons. The number of benzene rings is 1. The Labute approximate surface area is 224 Å². The molecular weight excluding hydrogens is 518 g/mol. The predicted octanol–water partition coefficient (Wildman–Crippen LogP) is -1.02. The summed E-state index contributed by atoms with van der Waals surface area (Å²) in [4.78, 5) is 72.4. The minimum absolute atomic E-state index is 0.0148. The SMILES string of the molecule is CSCCC(NC(=O)C(N)CCC(=O)O)C(=O)NC(CCC(N)=O)C(=O)NC(Cc1ccccc1)C(=O)O. The van der Waals surface area contributed by atoms with Gasteiger partial charge < -0.3 is 37.6 Å². The summed E-state index contributed by atoms with van der Waals surface area (Å²) in [6, 6.07) is 3.71. The number of thioether (sulfide) groups is 1. The molecule has 38 heavy (non-hydrogen) atoms. The number of hydrogen-bond acceptors (Lipinski definition) is 8. The van der Waals surface area contributed by atoms with Crippen molar-refractivity contribution in [3.05, 3.63) is 35.9 Å². The van der Waals surface area contributed by atoms with Crippen molar-refractivity contribution in [2.75, 3.05) is 12.0 Å². The molecule has 4 unspecified atom stereocenters. The fraction of sp³-hybridized carbons (Fsp3) is 0.500. The normalized spacial score (nSPS) is 13.8. The van der Waals surface area contributed by atoms with Crippen molar-refractivity contribution in [2.24, 2.45) is 11.5 Å². The first-order chi connectivity index (χ1) is 17.9. The Morgan fingerprint density at radius 3 is 1.89 bits per heavy atom. The van der Waals surface area contributed by atoms with Crippen molar-refractivity contribution in [3.8, 4) is 0 Å². The number of carboxylic acid groups (broad SMARTS) is 2. The van der Waals surface area contributed by atoms with Crippen LogP contribution in [0.15, 0.2) is 30.3 Å². The second kappa shape index (κ2) is 17.0. The number of carboxylic acids is 2. The number of amides is 4. The third-order valence-corrected chi connectivity index (χ3v) is 6.10. The number of aliphatic carboxylic acids is 2. The Hall–Kier alpha value is -3.65. The van der Waals surface area contributed by atoms with Gasteiger partial charge in [-0.05, 0) is 36.8 Å². The van der Waals surface area contributed by atoms with E-state index in [2.05, 4.69) is 16.0 Å². The summed E-state index contributed by atoms with van der Waals surface area (Å²) in [5.41, 5.74) is 11.6. The molecule has 0 bridgehead atoms. The van der Waals surface area contributed by atoms with Crippen molar-refractivity contribution in [2.45, 2.75) is 62.7 Å². The molecule has 13 nitrogen and oxygen atoms in total. The zero-order chi connectivity index (χ0) is 28.7. The van der Waals surface area contributed by atoms with Gasteiger partial charge in [-0.3, -0.25) is 24.0 Å². The summed E-state index contributed by atoms with van der Waals surface area (Å²) in [7, 11) is 0. The number of rotatable bonds is 18. The number of carbonyl (C=O) groups excluding carboxylic acids is 4. The maximum Gasteiger partial charge on any atom is 0.326 e. The molecule has 0 heterocycles. The molecule has 0 aliphatic heterocycles. The van der Waals surface area contributed by atoms with Gasteiger partial charge in [0.1, 0.15) is 18.1 Å². The van der Waals surface area contributed by atoms with E-state index in [-0.39, 0.29) is 38.5 Å². The Bertz CT molecular complexity index is 978. The van der Waals surface area contributed by atoms with Crippen molar-refractivity contribution in [1.82, 2.24) is 16.0 Å². The van der Waals surface area contributed by atoms with Crippen LogP contribution in [0.5, 0.6) is 0 Å². The van der Waals surface area contributed by atoms with Crippen LogP contribution in [0.3, 0.4) is 0 Å². The Kier molecular flexibility index (Phi) is 14.5. The highest BCUT2D eigenvalue weighted by atomic mass is 32.2. The first-order valence-corrected chi connectivity index (χ1v) is 13.3. The highest BCUT2D eigenvalue weighted by Gasteiger charge is 2.30. The molecule has 0 fully saturated rings. The highest BCUT2D eigenvalue weighted by molar-refractivity contribution is 7.98. The number of primary amides is 1.